The highest BCUT2D eigenvalue weighted by Crippen LogP contribution is 2.10. The molecule has 1 aromatic heterocycles. The van der Waals surface area contributed by atoms with E-state index in [9.17, 15) is 9.59 Å². The van der Waals surface area contributed by atoms with Crippen LogP contribution in [0.5, 0.6) is 0 Å². The number of alkyl carbamates (subject to hydrolysis) is 1. The number of likely N-dealkylation sites (tertiary alicyclic amines) is 1. The SMILES string of the molecule is COC(=O)NC1CCN(CC(=O)c2ccc[nH]2)C1. The fourth-order valence-electron chi connectivity index (χ4n) is 2.11. The highest BCUT2D eigenvalue weighted by molar-refractivity contribution is 5.95. The number of rotatable bonds is 4. The van der Waals surface area contributed by atoms with Crippen molar-refractivity contribution in [3.63, 3.8) is 0 Å². The molecule has 2 heterocycles. The number of nitrogens with one attached hydrogen (secondary N) is 2. The molecule has 0 aromatic carbocycles. The molecule has 1 aliphatic heterocycles. The zero-order valence-electron chi connectivity index (χ0n) is 10.3. The Kier molecular flexibility index (Phi) is 3.99. The lowest BCUT2D eigenvalue weighted by Gasteiger charge is -2.15. The Balaban J connectivity index is 1.79. The van der Waals surface area contributed by atoms with Crippen molar-refractivity contribution in [1.82, 2.24) is 15.2 Å². The highest BCUT2D eigenvalue weighted by Gasteiger charge is 2.25. The van der Waals surface area contributed by atoms with Crippen LogP contribution in [0, 0.1) is 0 Å². The number of H-pyrrole nitrogens is 1. The second-order valence-corrected chi connectivity index (χ2v) is 4.36. The van der Waals surface area contributed by atoms with E-state index in [1.165, 1.54) is 7.11 Å². The van der Waals surface area contributed by atoms with E-state index in [-0.39, 0.29) is 11.8 Å². The molecule has 0 bridgehead atoms. The number of nitrogens with zero attached hydrogens (tertiary/aromatic N) is 1. The molecular weight excluding hydrogens is 234 g/mol. The average molecular weight is 251 g/mol. The molecule has 1 aliphatic rings. The molecule has 2 rings (SSSR count). The molecule has 18 heavy (non-hydrogen) atoms. The van der Waals surface area contributed by atoms with Crippen molar-refractivity contribution >= 4 is 11.9 Å². The zero-order chi connectivity index (χ0) is 13.0. The maximum atomic E-state index is 11.9. The molecule has 2 N–H and O–H groups in total. The summed E-state index contributed by atoms with van der Waals surface area (Å²) in [7, 11) is 1.34. The van der Waals surface area contributed by atoms with E-state index in [2.05, 4.69) is 15.0 Å². The Hall–Kier alpha value is -1.82. The minimum atomic E-state index is -0.419. The number of ether oxygens (including phenoxy) is 1. The largest absolute Gasteiger partial charge is 0.453 e. The molecule has 6 nitrogen and oxygen atoms in total. The van der Waals surface area contributed by atoms with Gasteiger partial charge in [0, 0.05) is 25.3 Å². The van der Waals surface area contributed by atoms with E-state index < -0.39 is 6.09 Å². The molecule has 98 valence electrons. The first kappa shape index (κ1) is 12.6. The third-order valence-corrected chi connectivity index (χ3v) is 3.05. The van der Waals surface area contributed by atoms with E-state index in [4.69, 9.17) is 0 Å². The maximum absolute atomic E-state index is 11.9. The van der Waals surface area contributed by atoms with Gasteiger partial charge in [0.1, 0.15) is 0 Å². The molecule has 0 saturated carbocycles. The first-order valence-corrected chi connectivity index (χ1v) is 5.92. The number of Topliss-reactive ketones (excluding diaryl/α,β-unsaturated/α-hetero) is 1. The van der Waals surface area contributed by atoms with Crippen molar-refractivity contribution in [3.8, 4) is 0 Å². The fourth-order valence-corrected chi connectivity index (χ4v) is 2.11. The van der Waals surface area contributed by atoms with Crippen LogP contribution >= 0.6 is 0 Å². The molecule has 1 atom stereocenters. The van der Waals surface area contributed by atoms with E-state index >= 15 is 0 Å². The van der Waals surface area contributed by atoms with Crippen LogP contribution in [0.3, 0.4) is 0 Å². The Morgan fingerprint density at radius 3 is 3.11 bits per heavy atom. The van der Waals surface area contributed by atoms with Crippen LogP contribution in [0.15, 0.2) is 18.3 Å². The number of aromatic amines is 1. The topological polar surface area (TPSA) is 74.4 Å². The zero-order valence-corrected chi connectivity index (χ0v) is 10.3. The van der Waals surface area contributed by atoms with E-state index in [0.29, 0.717) is 18.8 Å². The highest BCUT2D eigenvalue weighted by atomic mass is 16.5. The van der Waals surface area contributed by atoms with Crippen molar-refractivity contribution in [3.05, 3.63) is 24.0 Å². The molecule has 0 aliphatic carbocycles. The molecule has 1 fully saturated rings. The van der Waals surface area contributed by atoms with Crippen LogP contribution in [0.25, 0.3) is 0 Å². The Morgan fingerprint density at radius 2 is 2.44 bits per heavy atom. The van der Waals surface area contributed by atoms with Gasteiger partial charge < -0.3 is 15.0 Å². The molecule has 0 radical (unpaired) electrons. The number of carbonyl (C=O) groups excluding carboxylic acids is 2. The molecular formula is C12H17N3O3. The fraction of sp³-hybridized carbons (Fsp3) is 0.500. The lowest BCUT2D eigenvalue weighted by atomic mass is 10.2. The third kappa shape index (κ3) is 3.10. The van der Waals surface area contributed by atoms with Crippen LogP contribution in [-0.4, -0.2) is 54.5 Å². The second kappa shape index (κ2) is 5.68. The number of methoxy groups -OCH3 is 1. The minimum absolute atomic E-state index is 0.0638. The van der Waals surface area contributed by atoms with Crippen LogP contribution < -0.4 is 5.32 Å². The number of carbonyl (C=O) groups is 2. The van der Waals surface area contributed by atoms with Gasteiger partial charge in [-0.15, -0.1) is 0 Å². The number of hydrogen-bond donors (Lipinski definition) is 2. The summed E-state index contributed by atoms with van der Waals surface area (Å²) in [5.41, 5.74) is 0.624. The molecule has 0 spiro atoms. The van der Waals surface area contributed by atoms with Crippen molar-refractivity contribution in [2.75, 3.05) is 26.7 Å². The smallest absolute Gasteiger partial charge is 0.407 e. The first-order chi connectivity index (χ1) is 8.69. The Morgan fingerprint density at radius 1 is 1.61 bits per heavy atom. The van der Waals surface area contributed by atoms with Crippen molar-refractivity contribution in [2.45, 2.75) is 12.5 Å². The van der Waals surface area contributed by atoms with Gasteiger partial charge in [-0.25, -0.2) is 4.79 Å². The van der Waals surface area contributed by atoms with Crippen molar-refractivity contribution in [2.24, 2.45) is 0 Å². The summed E-state index contributed by atoms with van der Waals surface area (Å²) < 4.78 is 4.55. The van der Waals surface area contributed by atoms with Crippen LogP contribution in [0.4, 0.5) is 4.79 Å². The molecule has 1 saturated heterocycles. The van der Waals surface area contributed by atoms with Crippen molar-refractivity contribution < 1.29 is 14.3 Å². The van der Waals surface area contributed by atoms with Gasteiger partial charge in [-0.05, 0) is 18.6 Å². The number of hydrogen-bond acceptors (Lipinski definition) is 4. The standard InChI is InChI=1S/C12H17N3O3/c1-18-12(17)14-9-4-6-15(7-9)8-11(16)10-3-2-5-13-10/h2-3,5,9,13H,4,6-8H2,1H3,(H,14,17). The summed E-state index contributed by atoms with van der Waals surface area (Å²) in [5.74, 6) is 0.0683. The van der Waals surface area contributed by atoms with Gasteiger partial charge in [0.2, 0.25) is 0 Å². The summed E-state index contributed by atoms with van der Waals surface area (Å²) in [6.07, 6.45) is 2.16. The second-order valence-electron chi connectivity index (χ2n) is 4.36. The molecule has 6 heteroatoms. The van der Waals surface area contributed by atoms with Gasteiger partial charge >= 0.3 is 6.09 Å². The van der Waals surface area contributed by atoms with E-state index in [1.54, 1.807) is 18.3 Å². The van der Waals surface area contributed by atoms with Gasteiger partial charge in [0.25, 0.3) is 0 Å². The monoisotopic (exact) mass is 251 g/mol. The number of amides is 1. The summed E-state index contributed by atoms with van der Waals surface area (Å²) in [6.45, 7) is 1.86. The van der Waals surface area contributed by atoms with Gasteiger partial charge in [0.05, 0.1) is 19.3 Å². The van der Waals surface area contributed by atoms with Crippen molar-refractivity contribution in [1.29, 1.82) is 0 Å². The lowest BCUT2D eigenvalue weighted by molar-refractivity contribution is 0.0940. The summed E-state index contributed by atoms with van der Waals surface area (Å²) >= 11 is 0. The van der Waals surface area contributed by atoms with Crippen LogP contribution in [0.1, 0.15) is 16.9 Å². The Labute approximate surface area is 105 Å². The average Bonchev–Trinajstić information content (AvgIpc) is 3.00. The van der Waals surface area contributed by atoms with E-state index in [1.807, 2.05) is 4.90 Å². The summed E-state index contributed by atoms with van der Waals surface area (Å²) in [5, 5.41) is 2.74. The van der Waals surface area contributed by atoms with Gasteiger partial charge in [0.15, 0.2) is 5.78 Å². The van der Waals surface area contributed by atoms with Gasteiger partial charge in [-0.1, -0.05) is 0 Å². The normalized spacial score (nSPS) is 19.7. The summed E-state index contributed by atoms with van der Waals surface area (Å²) in [4.78, 5) is 27.9. The maximum Gasteiger partial charge on any atom is 0.407 e. The lowest BCUT2D eigenvalue weighted by Crippen LogP contribution is -2.38. The van der Waals surface area contributed by atoms with Crippen LogP contribution in [-0.2, 0) is 4.74 Å². The Bertz CT molecular complexity index is 416. The van der Waals surface area contributed by atoms with E-state index in [0.717, 1.165) is 13.0 Å². The number of aromatic nitrogens is 1. The van der Waals surface area contributed by atoms with Gasteiger partial charge in [-0.2, -0.15) is 0 Å². The minimum Gasteiger partial charge on any atom is -0.453 e. The quantitative estimate of drug-likeness (QED) is 0.770. The molecule has 1 unspecified atom stereocenters. The molecule has 1 aromatic rings. The number of ketones is 1. The first-order valence-electron chi connectivity index (χ1n) is 5.92. The summed E-state index contributed by atoms with van der Waals surface area (Å²) in [6, 6.07) is 3.63. The predicted molar refractivity (Wildman–Crippen MR) is 65.5 cm³/mol. The van der Waals surface area contributed by atoms with Crippen LogP contribution in [0.2, 0.25) is 0 Å². The molecule has 1 amide bonds. The van der Waals surface area contributed by atoms with Gasteiger partial charge in [-0.3, -0.25) is 9.69 Å². The third-order valence-electron chi connectivity index (χ3n) is 3.05. The predicted octanol–water partition coefficient (Wildman–Crippen LogP) is 0.628.